The third-order valence-corrected chi connectivity index (χ3v) is 5.02. The Morgan fingerprint density at radius 1 is 1.31 bits per heavy atom. The van der Waals surface area contributed by atoms with Gasteiger partial charge in [0.2, 0.25) is 11.8 Å². The molecule has 1 fully saturated rings. The average molecular weight is 398 g/mol. The highest BCUT2D eigenvalue weighted by atomic mass is 16.2. The Morgan fingerprint density at radius 2 is 2.03 bits per heavy atom. The summed E-state index contributed by atoms with van der Waals surface area (Å²) in [6.45, 7) is 5.75. The van der Waals surface area contributed by atoms with Crippen LogP contribution in [0.1, 0.15) is 53.4 Å². The van der Waals surface area contributed by atoms with Crippen molar-refractivity contribution < 1.29 is 14.4 Å². The molecule has 0 radical (unpaired) electrons. The number of carbonyl (C=O) groups excluding carboxylic acids is 3. The Morgan fingerprint density at radius 3 is 2.72 bits per heavy atom. The molecule has 1 aliphatic rings. The number of carbonyl (C=O) groups is 3. The molecule has 0 spiro atoms. The molecule has 2 aromatic rings. The van der Waals surface area contributed by atoms with E-state index >= 15 is 0 Å². The molecule has 29 heavy (non-hydrogen) atoms. The van der Waals surface area contributed by atoms with Gasteiger partial charge in [-0.1, -0.05) is 12.1 Å². The number of anilines is 1. The van der Waals surface area contributed by atoms with E-state index in [0.29, 0.717) is 18.5 Å². The summed E-state index contributed by atoms with van der Waals surface area (Å²) in [4.78, 5) is 35.8. The van der Waals surface area contributed by atoms with Crippen molar-refractivity contribution in [3.05, 3.63) is 46.8 Å². The Labute approximate surface area is 169 Å². The van der Waals surface area contributed by atoms with Crippen molar-refractivity contribution >= 4 is 23.4 Å². The number of rotatable bonds is 6. The normalized spacial score (nSPS) is 18.9. The van der Waals surface area contributed by atoms with Crippen LogP contribution in [0.25, 0.3) is 0 Å². The summed E-state index contributed by atoms with van der Waals surface area (Å²) in [6, 6.07) is 6.69. The van der Waals surface area contributed by atoms with Crippen molar-refractivity contribution in [2.75, 3.05) is 5.32 Å². The molecule has 3 amide bonds. The lowest BCUT2D eigenvalue weighted by molar-refractivity contribution is -0.125. The monoisotopic (exact) mass is 398 g/mol. The number of para-hydroxylation sites is 1. The van der Waals surface area contributed by atoms with Crippen LogP contribution in [-0.4, -0.2) is 33.5 Å². The molecular formula is C20H26N6O3. The fourth-order valence-electron chi connectivity index (χ4n) is 3.56. The van der Waals surface area contributed by atoms with E-state index in [4.69, 9.17) is 5.73 Å². The second-order valence-corrected chi connectivity index (χ2v) is 7.29. The lowest BCUT2D eigenvalue weighted by Gasteiger charge is -2.30. The zero-order chi connectivity index (χ0) is 21.1. The van der Waals surface area contributed by atoms with Crippen molar-refractivity contribution in [1.29, 1.82) is 0 Å². The first-order chi connectivity index (χ1) is 13.8. The maximum absolute atomic E-state index is 12.4. The first-order valence-corrected chi connectivity index (χ1v) is 9.55. The second-order valence-electron chi connectivity index (χ2n) is 7.29. The smallest absolute Gasteiger partial charge is 0.250 e. The van der Waals surface area contributed by atoms with Crippen molar-refractivity contribution in [3.63, 3.8) is 0 Å². The highest BCUT2D eigenvalue weighted by Gasteiger charge is 2.27. The summed E-state index contributed by atoms with van der Waals surface area (Å²) in [5.41, 5.74) is 8.68. The number of hydrogen-bond acceptors (Lipinski definition) is 5. The third kappa shape index (κ3) is 4.62. The summed E-state index contributed by atoms with van der Waals surface area (Å²) in [7, 11) is 0. The Balaban J connectivity index is 1.68. The van der Waals surface area contributed by atoms with E-state index < -0.39 is 12.2 Å². The van der Waals surface area contributed by atoms with Crippen LogP contribution < -0.4 is 21.7 Å². The number of aromatic nitrogens is 2. The SMILES string of the molecule is Cc1nn(C2NC(=O)CC(C)N2)c(C)c1CCC(=O)Nc1ccccc1C(N)=O. The first-order valence-electron chi connectivity index (χ1n) is 9.55. The highest BCUT2D eigenvalue weighted by molar-refractivity contribution is 6.03. The molecule has 0 saturated carbocycles. The van der Waals surface area contributed by atoms with Crippen LogP contribution in [-0.2, 0) is 16.0 Å². The fourth-order valence-corrected chi connectivity index (χ4v) is 3.56. The highest BCUT2D eigenvalue weighted by Crippen LogP contribution is 2.20. The minimum Gasteiger partial charge on any atom is -0.366 e. The van der Waals surface area contributed by atoms with E-state index in [-0.39, 0.29) is 29.8 Å². The van der Waals surface area contributed by atoms with Crippen molar-refractivity contribution in [2.24, 2.45) is 5.73 Å². The second kappa shape index (κ2) is 8.44. The molecule has 5 N–H and O–H groups in total. The maximum atomic E-state index is 12.4. The van der Waals surface area contributed by atoms with E-state index in [1.165, 1.54) is 0 Å². The predicted molar refractivity (Wildman–Crippen MR) is 108 cm³/mol. The summed E-state index contributed by atoms with van der Waals surface area (Å²) in [5, 5.41) is 13.5. The molecule has 1 aromatic heterocycles. The zero-order valence-electron chi connectivity index (χ0n) is 16.8. The van der Waals surface area contributed by atoms with Crippen LogP contribution in [0.5, 0.6) is 0 Å². The fraction of sp³-hybridized carbons (Fsp3) is 0.400. The third-order valence-electron chi connectivity index (χ3n) is 5.02. The number of primary amides is 1. The molecule has 2 unspecified atom stereocenters. The van der Waals surface area contributed by atoms with Crippen molar-refractivity contribution in [3.8, 4) is 0 Å². The number of nitrogens with one attached hydrogen (secondary N) is 3. The standard InChI is InChI=1S/C20H26N6O3/c1-11-10-18(28)24-20(22-11)26-13(3)14(12(2)25-26)8-9-17(27)23-16-7-5-4-6-15(16)19(21)29/h4-7,11,20,22H,8-10H2,1-3H3,(H2,21,29)(H,23,27)(H,24,28). The van der Waals surface area contributed by atoms with Gasteiger partial charge < -0.3 is 16.4 Å². The van der Waals surface area contributed by atoms with Gasteiger partial charge in [-0.25, -0.2) is 4.68 Å². The summed E-state index contributed by atoms with van der Waals surface area (Å²) >= 11 is 0. The molecule has 3 rings (SSSR count). The number of aryl methyl sites for hydroxylation is 1. The quantitative estimate of drug-likeness (QED) is 0.579. The Hall–Kier alpha value is -3.20. The van der Waals surface area contributed by atoms with Crippen LogP contribution in [0.3, 0.4) is 0 Å². The van der Waals surface area contributed by atoms with Gasteiger partial charge in [-0.15, -0.1) is 0 Å². The molecule has 9 nitrogen and oxygen atoms in total. The largest absolute Gasteiger partial charge is 0.366 e. The van der Waals surface area contributed by atoms with Gasteiger partial charge in [-0.05, 0) is 44.9 Å². The minimum absolute atomic E-state index is 0.0251. The van der Waals surface area contributed by atoms with Crippen molar-refractivity contribution in [1.82, 2.24) is 20.4 Å². The molecule has 2 heterocycles. The van der Waals surface area contributed by atoms with Gasteiger partial charge >= 0.3 is 0 Å². The lowest BCUT2D eigenvalue weighted by Crippen LogP contribution is -2.52. The van der Waals surface area contributed by atoms with E-state index in [1.807, 2.05) is 20.8 Å². The van der Waals surface area contributed by atoms with E-state index in [9.17, 15) is 14.4 Å². The molecule has 0 aliphatic carbocycles. The van der Waals surface area contributed by atoms with Crippen LogP contribution >= 0.6 is 0 Å². The van der Waals surface area contributed by atoms with E-state index in [0.717, 1.165) is 17.0 Å². The van der Waals surface area contributed by atoms with E-state index in [1.54, 1.807) is 28.9 Å². The summed E-state index contributed by atoms with van der Waals surface area (Å²) < 4.78 is 1.75. The van der Waals surface area contributed by atoms with Gasteiger partial charge in [0.15, 0.2) is 6.29 Å². The van der Waals surface area contributed by atoms with Gasteiger partial charge in [-0.3, -0.25) is 19.7 Å². The topological polar surface area (TPSA) is 131 Å². The molecule has 1 aliphatic heterocycles. The number of benzene rings is 1. The Bertz CT molecular complexity index is 952. The molecule has 0 bridgehead atoms. The Kier molecular flexibility index (Phi) is 5.97. The van der Waals surface area contributed by atoms with Gasteiger partial charge in [0, 0.05) is 24.6 Å². The van der Waals surface area contributed by atoms with Crippen LogP contribution in [0.15, 0.2) is 24.3 Å². The molecule has 9 heteroatoms. The summed E-state index contributed by atoms with van der Waals surface area (Å²) in [5.74, 6) is -0.837. The van der Waals surface area contributed by atoms with Gasteiger partial charge in [0.25, 0.3) is 5.91 Å². The number of amides is 3. The zero-order valence-corrected chi connectivity index (χ0v) is 16.8. The number of hydrogen-bond donors (Lipinski definition) is 4. The van der Waals surface area contributed by atoms with Gasteiger partial charge in [0.05, 0.1) is 16.9 Å². The first kappa shape index (κ1) is 20.5. The maximum Gasteiger partial charge on any atom is 0.250 e. The van der Waals surface area contributed by atoms with Crippen molar-refractivity contribution in [2.45, 2.75) is 52.4 Å². The van der Waals surface area contributed by atoms with Gasteiger partial charge in [-0.2, -0.15) is 5.10 Å². The van der Waals surface area contributed by atoms with Crippen LogP contribution in [0.4, 0.5) is 5.69 Å². The number of nitrogens with zero attached hydrogens (tertiary/aromatic N) is 2. The van der Waals surface area contributed by atoms with Crippen LogP contribution in [0.2, 0.25) is 0 Å². The van der Waals surface area contributed by atoms with E-state index in [2.05, 4.69) is 21.0 Å². The molecule has 1 saturated heterocycles. The van der Waals surface area contributed by atoms with Crippen LogP contribution in [0, 0.1) is 13.8 Å². The predicted octanol–water partition coefficient (Wildman–Crippen LogP) is 1.12. The molecule has 1 aromatic carbocycles. The summed E-state index contributed by atoms with van der Waals surface area (Å²) in [6.07, 6.45) is 0.727. The molecular weight excluding hydrogens is 372 g/mol. The lowest BCUT2D eigenvalue weighted by atomic mass is 10.1. The average Bonchev–Trinajstić information content (AvgIpc) is 2.93. The molecule has 154 valence electrons. The molecule has 2 atom stereocenters. The number of nitrogens with two attached hydrogens (primary N) is 1. The minimum atomic E-state index is -0.592. The van der Waals surface area contributed by atoms with Gasteiger partial charge in [0.1, 0.15) is 0 Å².